The first-order valence-corrected chi connectivity index (χ1v) is 14.9. The molecule has 11 nitrogen and oxygen atoms in total. The molecule has 0 aliphatic carbocycles. The molecule has 0 aliphatic heterocycles. The van der Waals surface area contributed by atoms with E-state index in [1.54, 1.807) is 0 Å². The Labute approximate surface area is 228 Å². The summed E-state index contributed by atoms with van der Waals surface area (Å²) in [6, 6.07) is 0. The van der Waals surface area contributed by atoms with Crippen LogP contribution in [0.4, 0.5) is 0 Å². The van der Waals surface area contributed by atoms with Crippen LogP contribution in [-0.4, -0.2) is 139 Å². The molecule has 0 aromatic heterocycles. The van der Waals surface area contributed by atoms with E-state index in [1.807, 2.05) is 0 Å². The van der Waals surface area contributed by atoms with Gasteiger partial charge in [-0.2, -0.15) is 0 Å². The summed E-state index contributed by atoms with van der Waals surface area (Å²) in [7, 11) is 0. The number of hydrogen-bond donors (Lipinski definition) is 8. The van der Waals surface area contributed by atoms with Gasteiger partial charge >= 0.3 is 0 Å². The standard InChI is InChI=1S/C26H65N11/c27-7-3-1-2-4-26(5-17-35(19-9-29)20-10-30)6-18-36(23-14-33-13-8-28)24-15-34-16-25-37(21-11-31)22-12-32/h26,33-34H,1-25,27-32H2. The third-order valence-corrected chi connectivity index (χ3v) is 6.94. The molecule has 0 spiro atoms. The van der Waals surface area contributed by atoms with Crippen LogP contribution >= 0.6 is 0 Å². The highest BCUT2D eigenvalue weighted by atomic mass is 15.2. The van der Waals surface area contributed by atoms with Gasteiger partial charge in [0.15, 0.2) is 0 Å². The molecule has 0 saturated carbocycles. The van der Waals surface area contributed by atoms with Crippen molar-refractivity contribution in [2.24, 2.45) is 40.3 Å². The number of nitrogens with one attached hydrogen (secondary N) is 2. The largest absolute Gasteiger partial charge is 0.330 e. The molecule has 0 fully saturated rings. The van der Waals surface area contributed by atoms with Crippen LogP contribution in [0.1, 0.15) is 38.5 Å². The second kappa shape index (κ2) is 28.6. The summed E-state index contributed by atoms with van der Waals surface area (Å²) in [6.07, 6.45) is 7.31. The fourth-order valence-corrected chi connectivity index (χ4v) is 4.72. The van der Waals surface area contributed by atoms with Crippen LogP contribution in [0.15, 0.2) is 0 Å². The third-order valence-electron chi connectivity index (χ3n) is 6.94. The first-order valence-electron chi connectivity index (χ1n) is 14.9. The Morgan fingerprint density at radius 1 is 0.378 bits per heavy atom. The monoisotopic (exact) mass is 532 g/mol. The molecule has 224 valence electrons. The second-order valence-corrected chi connectivity index (χ2v) is 10.0. The molecule has 0 amide bonds. The smallest absolute Gasteiger partial charge is 0.0108 e. The summed E-state index contributed by atoms with van der Waals surface area (Å²) in [5, 5.41) is 7.08. The lowest BCUT2D eigenvalue weighted by Crippen LogP contribution is -2.42. The Kier molecular flexibility index (Phi) is 28.2. The second-order valence-electron chi connectivity index (χ2n) is 10.0. The molecular weight excluding hydrogens is 466 g/mol. The topological polar surface area (TPSA) is 190 Å². The predicted molar refractivity (Wildman–Crippen MR) is 161 cm³/mol. The van der Waals surface area contributed by atoms with Crippen molar-refractivity contribution in [2.75, 3.05) is 124 Å². The fraction of sp³-hybridized carbons (Fsp3) is 1.00. The van der Waals surface area contributed by atoms with Crippen LogP contribution in [0, 0.1) is 5.92 Å². The van der Waals surface area contributed by atoms with Gasteiger partial charge in [0.2, 0.25) is 0 Å². The van der Waals surface area contributed by atoms with Crippen molar-refractivity contribution in [2.45, 2.75) is 38.5 Å². The quantitative estimate of drug-likeness (QED) is 0.0469. The minimum absolute atomic E-state index is 0.674. The van der Waals surface area contributed by atoms with Gasteiger partial charge in [-0.15, -0.1) is 0 Å². The molecule has 0 aromatic rings. The summed E-state index contributed by atoms with van der Waals surface area (Å²) in [4.78, 5) is 7.35. The van der Waals surface area contributed by atoms with Crippen molar-refractivity contribution < 1.29 is 0 Å². The zero-order valence-corrected chi connectivity index (χ0v) is 24.1. The third kappa shape index (κ3) is 23.2. The Balaban J connectivity index is 4.75. The van der Waals surface area contributed by atoms with Gasteiger partial charge in [-0.25, -0.2) is 0 Å². The molecule has 1 unspecified atom stereocenters. The van der Waals surface area contributed by atoms with Crippen molar-refractivity contribution >= 4 is 0 Å². The van der Waals surface area contributed by atoms with E-state index in [9.17, 15) is 0 Å². The Hall–Kier alpha value is -0.440. The molecule has 11 heteroatoms. The van der Waals surface area contributed by atoms with Gasteiger partial charge in [0.25, 0.3) is 0 Å². The van der Waals surface area contributed by atoms with E-state index in [1.165, 1.54) is 32.1 Å². The van der Waals surface area contributed by atoms with E-state index in [4.69, 9.17) is 34.4 Å². The number of rotatable bonds is 30. The number of nitrogens with zero attached hydrogens (tertiary/aromatic N) is 3. The molecule has 0 bridgehead atoms. The van der Waals surface area contributed by atoms with E-state index in [2.05, 4.69) is 25.3 Å². The first-order chi connectivity index (χ1) is 18.1. The molecule has 0 radical (unpaired) electrons. The SMILES string of the molecule is NCCCCCC(CCN(CCN)CCN)CCN(CCNCCN)CCNCCN(CCN)CCN. The summed E-state index contributed by atoms with van der Waals surface area (Å²) < 4.78 is 0. The molecule has 0 rings (SSSR count). The van der Waals surface area contributed by atoms with Gasteiger partial charge in [0.05, 0.1) is 0 Å². The average molecular weight is 532 g/mol. The predicted octanol–water partition coefficient (Wildman–Crippen LogP) is -2.22. The molecule has 0 saturated heterocycles. The van der Waals surface area contributed by atoms with Gasteiger partial charge in [0, 0.05) is 105 Å². The summed E-state index contributed by atoms with van der Waals surface area (Å²) >= 11 is 0. The maximum absolute atomic E-state index is 5.83. The maximum atomic E-state index is 5.83. The van der Waals surface area contributed by atoms with Gasteiger partial charge in [-0.3, -0.25) is 4.90 Å². The van der Waals surface area contributed by atoms with E-state index >= 15 is 0 Å². The summed E-state index contributed by atoms with van der Waals surface area (Å²) in [6.45, 7) is 16.9. The van der Waals surface area contributed by atoms with Crippen molar-refractivity contribution in [1.29, 1.82) is 0 Å². The summed E-state index contributed by atoms with van der Waals surface area (Å²) in [5.74, 6) is 0.712. The molecule has 0 aromatic carbocycles. The van der Waals surface area contributed by atoms with Crippen LogP contribution in [0.3, 0.4) is 0 Å². The molecule has 14 N–H and O–H groups in total. The normalized spacial score (nSPS) is 12.9. The lowest BCUT2D eigenvalue weighted by molar-refractivity contribution is 0.218. The highest BCUT2D eigenvalue weighted by Crippen LogP contribution is 2.19. The first kappa shape index (κ1) is 36.6. The molecule has 37 heavy (non-hydrogen) atoms. The molecule has 1 atom stereocenters. The average Bonchev–Trinajstić information content (AvgIpc) is 2.89. The molecule has 0 heterocycles. The van der Waals surface area contributed by atoms with E-state index < -0.39 is 0 Å². The lowest BCUT2D eigenvalue weighted by atomic mass is 9.93. The minimum Gasteiger partial charge on any atom is -0.330 e. The molecule has 0 aliphatic rings. The minimum atomic E-state index is 0.674. The van der Waals surface area contributed by atoms with E-state index in [-0.39, 0.29) is 0 Å². The van der Waals surface area contributed by atoms with Crippen LogP contribution < -0.4 is 45.0 Å². The van der Waals surface area contributed by atoms with E-state index in [0.717, 1.165) is 98.0 Å². The van der Waals surface area contributed by atoms with Crippen LogP contribution in [-0.2, 0) is 0 Å². The zero-order valence-electron chi connectivity index (χ0n) is 24.1. The van der Waals surface area contributed by atoms with Crippen LogP contribution in [0.25, 0.3) is 0 Å². The van der Waals surface area contributed by atoms with Gasteiger partial charge in [-0.1, -0.05) is 19.3 Å². The zero-order chi connectivity index (χ0) is 27.4. The Bertz CT molecular complexity index is 433. The van der Waals surface area contributed by atoms with Gasteiger partial charge in [-0.05, 0) is 44.8 Å². The van der Waals surface area contributed by atoms with Gasteiger partial charge < -0.3 is 54.8 Å². The maximum Gasteiger partial charge on any atom is 0.0108 e. The summed E-state index contributed by atoms with van der Waals surface area (Å²) in [5.41, 5.74) is 34.5. The Morgan fingerprint density at radius 3 is 1.24 bits per heavy atom. The van der Waals surface area contributed by atoms with Gasteiger partial charge in [0.1, 0.15) is 0 Å². The number of hydrogen-bond acceptors (Lipinski definition) is 11. The Morgan fingerprint density at radius 2 is 0.811 bits per heavy atom. The van der Waals surface area contributed by atoms with Crippen LogP contribution in [0.2, 0.25) is 0 Å². The molecular formula is C26H65N11. The number of unbranched alkanes of at least 4 members (excludes halogenated alkanes) is 2. The lowest BCUT2D eigenvalue weighted by Gasteiger charge is -2.28. The van der Waals surface area contributed by atoms with Crippen molar-refractivity contribution in [1.82, 2.24) is 25.3 Å². The fourth-order valence-electron chi connectivity index (χ4n) is 4.72. The van der Waals surface area contributed by atoms with Crippen LogP contribution in [0.5, 0.6) is 0 Å². The van der Waals surface area contributed by atoms with E-state index in [0.29, 0.717) is 38.6 Å². The highest BCUT2D eigenvalue weighted by Gasteiger charge is 2.14. The highest BCUT2D eigenvalue weighted by molar-refractivity contribution is 4.70. The number of nitrogens with two attached hydrogens (primary N) is 6. The van der Waals surface area contributed by atoms with Crippen molar-refractivity contribution in [3.8, 4) is 0 Å². The van der Waals surface area contributed by atoms with Crippen molar-refractivity contribution in [3.05, 3.63) is 0 Å². The van der Waals surface area contributed by atoms with Crippen molar-refractivity contribution in [3.63, 3.8) is 0 Å².